The molecule has 0 bridgehead atoms. The molecule has 1 amide bonds. The third kappa shape index (κ3) is 2.84. The topological polar surface area (TPSA) is 47.6 Å². The molecule has 0 saturated heterocycles. The number of benzene rings is 1. The summed E-state index contributed by atoms with van der Waals surface area (Å²) in [5.41, 5.74) is 0.104. The summed E-state index contributed by atoms with van der Waals surface area (Å²) in [4.78, 5) is 12.2. The number of carbonyl (C=O) groups excluding carboxylic acids is 1. The normalized spacial score (nSPS) is 25.3. The summed E-state index contributed by atoms with van der Waals surface area (Å²) in [7, 11) is 0. The molecule has 0 unspecified atom stereocenters. The monoisotopic (exact) mass is 363 g/mol. The number of hydrogen-bond acceptors (Lipinski definition) is 3. The van der Waals surface area contributed by atoms with Crippen molar-refractivity contribution in [2.75, 3.05) is 13.2 Å². The molecule has 4 nitrogen and oxygen atoms in total. The molecule has 120 valence electrons. The van der Waals surface area contributed by atoms with E-state index in [1.807, 2.05) is 6.07 Å². The van der Waals surface area contributed by atoms with Crippen molar-refractivity contribution in [3.63, 3.8) is 0 Å². The molecule has 22 heavy (non-hydrogen) atoms. The van der Waals surface area contributed by atoms with Crippen molar-refractivity contribution in [1.29, 1.82) is 0 Å². The Bertz CT molecular complexity index is 620. The lowest BCUT2D eigenvalue weighted by Crippen LogP contribution is -2.32. The van der Waals surface area contributed by atoms with Crippen LogP contribution in [0.25, 0.3) is 0 Å². The molecule has 1 N–H and O–H groups in total. The second-order valence-corrected chi connectivity index (χ2v) is 7.74. The molecule has 7 heteroatoms. The molecule has 3 rings (SSSR count). The Morgan fingerprint density at radius 2 is 2.00 bits per heavy atom. The highest BCUT2D eigenvalue weighted by molar-refractivity contribution is 6.53. The van der Waals surface area contributed by atoms with E-state index >= 15 is 0 Å². The lowest BCUT2D eigenvalue weighted by atomic mass is 10.1. The Morgan fingerprint density at radius 1 is 1.32 bits per heavy atom. The van der Waals surface area contributed by atoms with Gasteiger partial charge in [0, 0.05) is 13.0 Å². The van der Waals surface area contributed by atoms with Gasteiger partial charge in [-0.25, -0.2) is 0 Å². The molecular formula is C15H16Cl3NO3. The number of amides is 1. The van der Waals surface area contributed by atoms with Gasteiger partial charge in [0.15, 0.2) is 11.5 Å². The fraction of sp³-hybridized carbons (Fsp3) is 0.533. The highest BCUT2D eigenvalue weighted by Gasteiger charge is 2.67. The summed E-state index contributed by atoms with van der Waals surface area (Å²) in [5.74, 6) is 1.00. The second kappa shape index (κ2) is 5.66. The van der Waals surface area contributed by atoms with Gasteiger partial charge in [-0.1, -0.05) is 11.6 Å². The molecular weight excluding hydrogens is 349 g/mol. The van der Waals surface area contributed by atoms with E-state index in [1.165, 1.54) is 0 Å². The van der Waals surface area contributed by atoms with Gasteiger partial charge in [0.1, 0.15) is 4.33 Å². The highest BCUT2D eigenvalue weighted by atomic mass is 35.5. The summed E-state index contributed by atoms with van der Waals surface area (Å²) in [6.07, 6.45) is 1.26. The average molecular weight is 365 g/mol. The molecule has 1 aliphatic carbocycles. The minimum Gasteiger partial charge on any atom is -0.489 e. The van der Waals surface area contributed by atoms with E-state index in [0.29, 0.717) is 42.7 Å². The Hall–Kier alpha value is -0.840. The zero-order valence-electron chi connectivity index (χ0n) is 12.0. The van der Waals surface area contributed by atoms with Crippen molar-refractivity contribution in [3.05, 3.63) is 22.7 Å². The van der Waals surface area contributed by atoms with Gasteiger partial charge in [0.2, 0.25) is 5.91 Å². The van der Waals surface area contributed by atoms with Crippen LogP contribution in [-0.4, -0.2) is 23.5 Å². The molecule has 2 aliphatic rings. The van der Waals surface area contributed by atoms with Crippen LogP contribution in [0.2, 0.25) is 5.02 Å². The Balaban J connectivity index is 1.70. The number of ether oxygens (including phenoxy) is 2. The number of hydrogen-bond donors (Lipinski definition) is 1. The maximum atomic E-state index is 12.2. The van der Waals surface area contributed by atoms with Crippen molar-refractivity contribution in [2.24, 2.45) is 5.41 Å². The van der Waals surface area contributed by atoms with Crippen LogP contribution in [0.5, 0.6) is 11.5 Å². The summed E-state index contributed by atoms with van der Waals surface area (Å²) >= 11 is 18.2. The largest absolute Gasteiger partial charge is 0.489 e. The number of carbonyl (C=O) groups is 1. The van der Waals surface area contributed by atoms with Gasteiger partial charge in [-0.15, -0.1) is 23.2 Å². The predicted octanol–water partition coefficient (Wildman–Crippen LogP) is 3.70. The maximum Gasteiger partial charge on any atom is 0.229 e. The average Bonchev–Trinajstić information content (AvgIpc) is 3.07. The van der Waals surface area contributed by atoms with Crippen LogP contribution in [-0.2, 0) is 11.3 Å². The second-order valence-electron chi connectivity index (χ2n) is 5.85. The molecule has 0 radical (unpaired) electrons. The van der Waals surface area contributed by atoms with Crippen LogP contribution in [0.15, 0.2) is 12.1 Å². The van der Waals surface area contributed by atoms with Gasteiger partial charge in [0.25, 0.3) is 0 Å². The third-order valence-corrected chi connectivity index (χ3v) is 5.46. The summed E-state index contributed by atoms with van der Waals surface area (Å²) in [5, 5.41) is 3.32. The zero-order chi connectivity index (χ0) is 16.0. The third-order valence-electron chi connectivity index (χ3n) is 4.07. The van der Waals surface area contributed by atoms with Gasteiger partial charge in [-0.3, -0.25) is 4.79 Å². The number of nitrogens with one attached hydrogen (secondary N) is 1. The summed E-state index contributed by atoms with van der Waals surface area (Å²) < 4.78 is 10.2. The Morgan fingerprint density at radius 3 is 2.68 bits per heavy atom. The molecule has 1 saturated carbocycles. The van der Waals surface area contributed by atoms with Crippen LogP contribution < -0.4 is 14.8 Å². The lowest BCUT2D eigenvalue weighted by Gasteiger charge is -2.14. The van der Waals surface area contributed by atoms with Crippen molar-refractivity contribution in [1.82, 2.24) is 5.32 Å². The van der Waals surface area contributed by atoms with Gasteiger partial charge in [-0.05, 0) is 31.0 Å². The van der Waals surface area contributed by atoms with Crippen molar-refractivity contribution >= 4 is 40.7 Å². The van der Waals surface area contributed by atoms with Gasteiger partial charge in [0.05, 0.1) is 23.7 Å². The van der Waals surface area contributed by atoms with Crippen LogP contribution in [0, 0.1) is 5.41 Å². The fourth-order valence-corrected chi connectivity index (χ4v) is 3.40. The van der Waals surface area contributed by atoms with E-state index in [4.69, 9.17) is 44.3 Å². The first-order valence-electron chi connectivity index (χ1n) is 7.08. The van der Waals surface area contributed by atoms with Crippen LogP contribution >= 0.6 is 34.8 Å². The van der Waals surface area contributed by atoms with Crippen molar-refractivity contribution < 1.29 is 14.3 Å². The number of alkyl halides is 2. The first-order valence-corrected chi connectivity index (χ1v) is 8.21. The van der Waals surface area contributed by atoms with Gasteiger partial charge in [-0.2, -0.15) is 0 Å². The first kappa shape index (κ1) is 16.0. The maximum absolute atomic E-state index is 12.2. The SMILES string of the molecule is C[C@@]1(C(=O)NCc2cc(Cl)c3c(c2)OCCCO3)CC1(Cl)Cl. The lowest BCUT2D eigenvalue weighted by molar-refractivity contribution is -0.125. The molecule has 1 aliphatic heterocycles. The molecule has 1 fully saturated rings. The molecule has 1 heterocycles. The number of rotatable bonds is 3. The first-order chi connectivity index (χ1) is 10.3. The zero-order valence-corrected chi connectivity index (χ0v) is 14.3. The quantitative estimate of drug-likeness (QED) is 0.832. The van der Waals surface area contributed by atoms with Crippen molar-refractivity contribution in [2.45, 2.75) is 30.6 Å². The Kier molecular flexibility index (Phi) is 4.12. The van der Waals surface area contributed by atoms with Gasteiger partial charge >= 0.3 is 0 Å². The Labute approximate surface area is 144 Å². The number of fused-ring (bicyclic) bond motifs is 1. The predicted molar refractivity (Wildman–Crippen MR) is 86.1 cm³/mol. The minimum absolute atomic E-state index is 0.166. The van der Waals surface area contributed by atoms with Crippen LogP contribution in [0.4, 0.5) is 0 Å². The van der Waals surface area contributed by atoms with E-state index in [1.54, 1.807) is 13.0 Å². The molecule has 0 aromatic heterocycles. The van der Waals surface area contributed by atoms with E-state index in [9.17, 15) is 4.79 Å². The molecule has 0 spiro atoms. The summed E-state index contributed by atoms with van der Waals surface area (Å²) in [6, 6.07) is 3.59. The van der Waals surface area contributed by atoms with E-state index in [2.05, 4.69) is 5.32 Å². The highest BCUT2D eigenvalue weighted by Crippen LogP contribution is 2.63. The van der Waals surface area contributed by atoms with Crippen LogP contribution in [0.1, 0.15) is 25.3 Å². The fourth-order valence-electron chi connectivity index (χ4n) is 2.41. The number of halogens is 3. The molecule has 1 aromatic rings. The van der Waals surface area contributed by atoms with E-state index in [0.717, 1.165) is 12.0 Å². The van der Waals surface area contributed by atoms with Gasteiger partial charge < -0.3 is 14.8 Å². The molecule has 1 atom stereocenters. The van der Waals surface area contributed by atoms with Crippen LogP contribution in [0.3, 0.4) is 0 Å². The van der Waals surface area contributed by atoms with E-state index < -0.39 is 9.75 Å². The molecule has 1 aromatic carbocycles. The van der Waals surface area contributed by atoms with Crippen molar-refractivity contribution in [3.8, 4) is 11.5 Å². The smallest absolute Gasteiger partial charge is 0.229 e. The standard InChI is InChI=1S/C15H16Cl3NO3/c1-14(8-15(14,17)18)13(20)19-7-9-5-10(16)12-11(6-9)21-3-2-4-22-12/h5-6H,2-4,7-8H2,1H3,(H,19,20)/t14-/m0/s1. The van der Waals surface area contributed by atoms with E-state index in [-0.39, 0.29) is 5.91 Å². The summed E-state index contributed by atoms with van der Waals surface area (Å²) in [6.45, 7) is 3.24. The minimum atomic E-state index is -0.973.